The lowest BCUT2D eigenvalue weighted by atomic mass is 10.2. The number of benzene rings is 1. The van der Waals surface area contributed by atoms with Crippen molar-refractivity contribution in [2.75, 3.05) is 13.7 Å². The van der Waals surface area contributed by atoms with Crippen molar-refractivity contribution in [2.45, 2.75) is 19.6 Å². The lowest BCUT2D eigenvalue weighted by Gasteiger charge is -2.06. The molecule has 0 aliphatic rings. The van der Waals surface area contributed by atoms with E-state index in [0.717, 1.165) is 21.1 Å². The molecule has 0 fully saturated rings. The minimum Gasteiger partial charge on any atom is -0.488 e. The quantitative estimate of drug-likeness (QED) is 0.833. The fraction of sp³-hybridized carbons (Fsp3) is 0.294. The van der Waals surface area contributed by atoms with E-state index in [4.69, 9.17) is 14.6 Å². The maximum atomic E-state index is 8.69. The third-order valence-corrected chi connectivity index (χ3v) is 3.67. The van der Waals surface area contributed by atoms with Crippen molar-refractivity contribution >= 4 is 11.3 Å². The summed E-state index contributed by atoms with van der Waals surface area (Å²) in [6.07, 6.45) is 0.510. The highest BCUT2D eigenvalue weighted by Crippen LogP contribution is 2.20. The third kappa shape index (κ3) is 5.24. The zero-order valence-electron chi connectivity index (χ0n) is 12.0. The lowest BCUT2D eigenvalue weighted by Crippen LogP contribution is -1.94. The molecule has 1 N–H and O–H groups in total. The van der Waals surface area contributed by atoms with Gasteiger partial charge in [0.2, 0.25) is 0 Å². The molecule has 2 rings (SSSR count). The highest BCUT2D eigenvalue weighted by molar-refractivity contribution is 7.12. The van der Waals surface area contributed by atoms with E-state index in [1.54, 1.807) is 18.4 Å². The Labute approximate surface area is 129 Å². The van der Waals surface area contributed by atoms with Gasteiger partial charge in [0.1, 0.15) is 12.4 Å². The van der Waals surface area contributed by atoms with E-state index >= 15 is 0 Å². The van der Waals surface area contributed by atoms with Crippen LogP contribution in [-0.2, 0) is 18.0 Å². The Bertz CT molecular complexity index is 622. The largest absolute Gasteiger partial charge is 0.488 e. The molecule has 3 nitrogen and oxygen atoms in total. The minimum absolute atomic E-state index is 0.103. The molecule has 0 aliphatic carbocycles. The van der Waals surface area contributed by atoms with Gasteiger partial charge in [-0.25, -0.2) is 0 Å². The van der Waals surface area contributed by atoms with Crippen LogP contribution in [0.15, 0.2) is 36.4 Å². The summed E-state index contributed by atoms with van der Waals surface area (Å²) in [6.45, 7) is 1.22. The molecule has 0 unspecified atom stereocenters. The number of aliphatic hydroxyl groups is 1. The molecule has 0 spiro atoms. The van der Waals surface area contributed by atoms with Crippen LogP contribution in [0, 0.1) is 11.8 Å². The average Bonchev–Trinajstić information content (AvgIpc) is 2.94. The van der Waals surface area contributed by atoms with Crippen LogP contribution in [-0.4, -0.2) is 18.8 Å². The van der Waals surface area contributed by atoms with Gasteiger partial charge < -0.3 is 14.6 Å². The van der Waals surface area contributed by atoms with Crippen molar-refractivity contribution in [2.24, 2.45) is 0 Å². The smallest absolute Gasteiger partial charge is 0.122 e. The molecule has 0 saturated carbocycles. The van der Waals surface area contributed by atoms with Crippen molar-refractivity contribution in [3.8, 4) is 17.6 Å². The molecule has 4 heteroatoms. The van der Waals surface area contributed by atoms with Crippen LogP contribution in [0.4, 0.5) is 0 Å². The van der Waals surface area contributed by atoms with Gasteiger partial charge in [-0.3, -0.25) is 0 Å². The van der Waals surface area contributed by atoms with Crippen molar-refractivity contribution in [3.63, 3.8) is 0 Å². The Kier molecular flexibility index (Phi) is 6.29. The first kappa shape index (κ1) is 15.6. The van der Waals surface area contributed by atoms with Crippen LogP contribution in [0.2, 0.25) is 0 Å². The summed E-state index contributed by atoms with van der Waals surface area (Å²) in [4.78, 5) is 2.12. The van der Waals surface area contributed by atoms with E-state index in [-0.39, 0.29) is 6.61 Å². The third-order valence-electron chi connectivity index (χ3n) is 2.70. The van der Waals surface area contributed by atoms with Crippen molar-refractivity contribution < 1.29 is 14.6 Å². The van der Waals surface area contributed by atoms with Crippen molar-refractivity contribution in [1.82, 2.24) is 0 Å². The summed E-state index contributed by atoms with van der Waals surface area (Å²) < 4.78 is 10.9. The highest BCUT2D eigenvalue weighted by Gasteiger charge is 2.01. The molecule has 2 aromatic rings. The molecular formula is C17H18O3S. The molecule has 0 saturated heterocycles. The number of hydrogen-bond donors (Lipinski definition) is 1. The van der Waals surface area contributed by atoms with Gasteiger partial charge in [-0.05, 0) is 29.8 Å². The first-order chi connectivity index (χ1) is 10.3. The lowest BCUT2D eigenvalue weighted by molar-refractivity contribution is 0.184. The fourth-order valence-corrected chi connectivity index (χ4v) is 2.57. The monoisotopic (exact) mass is 302 g/mol. The van der Waals surface area contributed by atoms with E-state index in [1.165, 1.54) is 0 Å². The maximum absolute atomic E-state index is 8.69. The fourth-order valence-electron chi connectivity index (χ4n) is 1.77. The average molecular weight is 302 g/mol. The summed E-state index contributed by atoms with van der Waals surface area (Å²) in [6, 6.07) is 11.9. The van der Waals surface area contributed by atoms with E-state index in [1.807, 2.05) is 36.4 Å². The summed E-state index contributed by atoms with van der Waals surface area (Å²) in [7, 11) is 1.68. The predicted octanol–water partition coefficient (Wildman–Crippen LogP) is 3.21. The molecule has 0 amide bonds. The van der Waals surface area contributed by atoms with Crippen molar-refractivity contribution in [3.05, 3.63) is 51.7 Å². The van der Waals surface area contributed by atoms with Gasteiger partial charge in [-0.1, -0.05) is 24.0 Å². The van der Waals surface area contributed by atoms with Gasteiger partial charge in [0.05, 0.1) is 18.1 Å². The molecule has 1 heterocycles. The second-order valence-corrected chi connectivity index (χ2v) is 5.58. The normalized spacial score (nSPS) is 10.0. The zero-order valence-corrected chi connectivity index (χ0v) is 12.8. The molecule has 110 valence electrons. The Hall–Kier alpha value is -1.80. The number of hydrogen-bond acceptors (Lipinski definition) is 4. The second-order valence-electron chi connectivity index (χ2n) is 4.41. The molecule has 21 heavy (non-hydrogen) atoms. The highest BCUT2D eigenvalue weighted by atomic mass is 32.1. The number of ether oxygens (including phenoxy) is 2. The zero-order chi connectivity index (χ0) is 14.9. The number of rotatable bonds is 6. The molecule has 0 atom stereocenters. The number of methoxy groups -OCH3 is 1. The summed E-state index contributed by atoms with van der Waals surface area (Å²) in [5, 5.41) is 8.69. The topological polar surface area (TPSA) is 38.7 Å². The van der Waals surface area contributed by atoms with Gasteiger partial charge in [0, 0.05) is 18.4 Å². The molecule has 1 aromatic carbocycles. The van der Waals surface area contributed by atoms with Crippen LogP contribution in [0.1, 0.15) is 21.7 Å². The summed E-state index contributed by atoms with van der Waals surface area (Å²) >= 11 is 1.61. The molecule has 0 radical (unpaired) electrons. The Morgan fingerprint density at radius 1 is 1.19 bits per heavy atom. The van der Waals surface area contributed by atoms with Crippen LogP contribution in [0.3, 0.4) is 0 Å². The Balaban J connectivity index is 1.91. The SMILES string of the molecule is COCc1cccc(OCc2ccc(C#CCCO)s2)c1. The van der Waals surface area contributed by atoms with E-state index < -0.39 is 0 Å². The minimum atomic E-state index is 0.103. The van der Waals surface area contributed by atoms with E-state index in [9.17, 15) is 0 Å². The van der Waals surface area contributed by atoms with E-state index in [2.05, 4.69) is 11.8 Å². The predicted molar refractivity (Wildman–Crippen MR) is 84.4 cm³/mol. The van der Waals surface area contributed by atoms with Crippen LogP contribution >= 0.6 is 11.3 Å². The number of aliphatic hydroxyl groups excluding tert-OH is 1. The van der Waals surface area contributed by atoms with Crippen molar-refractivity contribution in [1.29, 1.82) is 0 Å². The standard InChI is InChI=1S/C17H18O3S/c1-19-12-14-5-4-6-15(11-14)20-13-17-9-8-16(21-17)7-2-3-10-18/h4-6,8-9,11,18H,3,10,12-13H2,1H3. The van der Waals surface area contributed by atoms with Gasteiger partial charge in [-0.15, -0.1) is 11.3 Å². The first-order valence-electron chi connectivity index (χ1n) is 6.71. The molecule has 1 aromatic heterocycles. The molecule has 0 aliphatic heterocycles. The van der Waals surface area contributed by atoms with Gasteiger partial charge in [-0.2, -0.15) is 0 Å². The number of thiophene rings is 1. The van der Waals surface area contributed by atoms with E-state index in [0.29, 0.717) is 19.6 Å². The van der Waals surface area contributed by atoms with Gasteiger partial charge in [0.25, 0.3) is 0 Å². The van der Waals surface area contributed by atoms with Crippen LogP contribution in [0.5, 0.6) is 5.75 Å². The molecular weight excluding hydrogens is 284 g/mol. The van der Waals surface area contributed by atoms with Gasteiger partial charge >= 0.3 is 0 Å². The van der Waals surface area contributed by atoms with Crippen LogP contribution in [0.25, 0.3) is 0 Å². The first-order valence-corrected chi connectivity index (χ1v) is 7.52. The summed E-state index contributed by atoms with van der Waals surface area (Å²) in [5.74, 6) is 6.78. The van der Waals surface area contributed by atoms with Gasteiger partial charge in [0.15, 0.2) is 0 Å². The maximum Gasteiger partial charge on any atom is 0.122 e. The van der Waals surface area contributed by atoms with Crippen LogP contribution < -0.4 is 4.74 Å². The second kappa shape index (κ2) is 8.48. The Morgan fingerprint density at radius 2 is 2.10 bits per heavy atom. The Morgan fingerprint density at radius 3 is 2.90 bits per heavy atom. The summed E-state index contributed by atoms with van der Waals surface area (Å²) in [5.41, 5.74) is 1.09. The molecule has 0 bridgehead atoms.